The van der Waals surface area contributed by atoms with Crippen LogP contribution in [0.2, 0.25) is 0 Å². The Morgan fingerprint density at radius 1 is 1.16 bits per heavy atom. The van der Waals surface area contributed by atoms with E-state index in [1.807, 2.05) is 0 Å². The van der Waals surface area contributed by atoms with Crippen LogP contribution in [0, 0.1) is 0 Å². The zero-order valence-corrected chi connectivity index (χ0v) is 14.4. The fourth-order valence-electron chi connectivity index (χ4n) is 2.63. The first kappa shape index (κ1) is 19.4. The van der Waals surface area contributed by atoms with Crippen LogP contribution in [0.5, 0.6) is 5.75 Å². The summed E-state index contributed by atoms with van der Waals surface area (Å²) >= 11 is 0. The largest absolute Gasteiger partial charge is 0.573 e. The van der Waals surface area contributed by atoms with E-state index in [-0.39, 0.29) is 12.4 Å². The second kappa shape index (κ2) is 8.42. The summed E-state index contributed by atoms with van der Waals surface area (Å²) in [5.74, 6) is -0.302. The van der Waals surface area contributed by atoms with Gasteiger partial charge in [-0.05, 0) is 31.0 Å². The standard InChI is InChI=1S/C17H23F3N2O3/c1-3-13(2)21-8-10-22(11-9-21)16(23)24-12-14-4-6-15(7-5-14)25-17(18,19)20/h4-7,13H,3,8-12H2,1-2H3. The van der Waals surface area contributed by atoms with Crippen molar-refractivity contribution in [2.75, 3.05) is 26.2 Å². The normalized spacial score (nSPS) is 17.2. The number of halogens is 3. The molecule has 1 aromatic rings. The Bertz CT molecular complexity index is 555. The molecule has 8 heteroatoms. The summed E-state index contributed by atoms with van der Waals surface area (Å²) in [5, 5.41) is 0. The second-order valence-electron chi connectivity index (χ2n) is 6.03. The third-order valence-electron chi connectivity index (χ3n) is 4.31. The maximum atomic E-state index is 12.1. The summed E-state index contributed by atoms with van der Waals surface area (Å²) in [4.78, 5) is 16.1. The molecule has 1 unspecified atom stereocenters. The number of rotatable bonds is 5. The minimum absolute atomic E-state index is 0.0106. The van der Waals surface area contributed by atoms with E-state index in [9.17, 15) is 18.0 Å². The number of alkyl halides is 3. The van der Waals surface area contributed by atoms with Crippen LogP contribution in [0.3, 0.4) is 0 Å². The molecule has 0 spiro atoms. The quantitative estimate of drug-likeness (QED) is 0.804. The molecule has 25 heavy (non-hydrogen) atoms. The van der Waals surface area contributed by atoms with Gasteiger partial charge in [-0.15, -0.1) is 13.2 Å². The Kier molecular flexibility index (Phi) is 6.52. The van der Waals surface area contributed by atoms with Gasteiger partial charge in [-0.25, -0.2) is 4.79 Å². The zero-order valence-electron chi connectivity index (χ0n) is 14.4. The Morgan fingerprint density at radius 3 is 2.28 bits per heavy atom. The highest BCUT2D eigenvalue weighted by Gasteiger charge is 2.31. The first-order valence-corrected chi connectivity index (χ1v) is 8.29. The average molecular weight is 360 g/mol. The number of hydrogen-bond acceptors (Lipinski definition) is 4. The first-order valence-electron chi connectivity index (χ1n) is 8.29. The Labute approximate surface area is 145 Å². The van der Waals surface area contributed by atoms with Crippen molar-refractivity contribution >= 4 is 6.09 Å². The highest BCUT2D eigenvalue weighted by molar-refractivity contribution is 5.67. The van der Waals surface area contributed by atoms with E-state index in [0.29, 0.717) is 24.7 Å². The highest BCUT2D eigenvalue weighted by atomic mass is 19.4. The van der Waals surface area contributed by atoms with Gasteiger partial charge in [0.1, 0.15) is 12.4 Å². The molecule has 1 saturated heterocycles. The molecule has 0 aliphatic carbocycles. The van der Waals surface area contributed by atoms with Gasteiger partial charge in [0, 0.05) is 32.2 Å². The van der Waals surface area contributed by atoms with Crippen LogP contribution in [0.25, 0.3) is 0 Å². The first-order chi connectivity index (χ1) is 11.8. The third kappa shape index (κ3) is 6.12. The zero-order chi connectivity index (χ0) is 18.4. The molecule has 2 rings (SSSR count). The van der Waals surface area contributed by atoms with Crippen LogP contribution in [0.1, 0.15) is 25.8 Å². The molecule has 0 bridgehead atoms. The van der Waals surface area contributed by atoms with Gasteiger partial charge in [0.05, 0.1) is 0 Å². The average Bonchev–Trinajstić information content (AvgIpc) is 2.59. The van der Waals surface area contributed by atoms with E-state index in [0.717, 1.165) is 19.5 Å². The van der Waals surface area contributed by atoms with E-state index in [2.05, 4.69) is 23.5 Å². The molecule has 1 fully saturated rings. The predicted molar refractivity (Wildman–Crippen MR) is 86.2 cm³/mol. The molecular weight excluding hydrogens is 337 g/mol. The second-order valence-corrected chi connectivity index (χ2v) is 6.03. The predicted octanol–water partition coefficient (Wildman–Crippen LogP) is 3.64. The van der Waals surface area contributed by atoms with Crippen LogP contribution in [-0.2, 0) is 11.3 Å². The van der Waals surface area contributed by atoms with Crippen molar-refractivity contribution < 1.29 is 27.4 Å². The van der Waals surface area contributed by atoms with E-state index < -0.39 is 12.5 Å². The molecule has 0 N–H and O–H groups in total. The van der Waals surface area contributed by atoms with Crippen molar-refractivity contribution in [2.45, 2.75) is 39.3 Å². The Balaban J connectivity index is 1.77. The number of amides is 1. The molecule has 1 heterocycles. The summed E-state index contributed by atoms with van der Waals surface area (Å²) < 4.78 is 45.3. The molecule has 1 atom stereocenters. The summed E-state index contributed by atoms with van der Waals surface area (Å²) in [6, 6.07) is 5.77. The van der Waals surface area contributed by atoms with E-state index in [1.165, 1.54) is 24.3 Å². The number of hydrogen-bond donors (Lipinski definition) is 0. The van der Waals surface area contributed by atoms with Gasteiger partial charge in [-0.1, -0.05) is 19.1 Å². The van der Waals surface area contributed by atoms with Gasteiger partial charge >= 0.3 is 12.5 Å². The number of carbonyl (C=O) groups is 1. The summed E-state index contributed by atoms with van der Waals surface area (Å²) in [6.45, 7) is 7.16. The molecule has 1 aliphatic heterocycles. The van der Waals surface area contributed by atoms with Gasteiger partial charge in [0.2, 0.25) is 0 Å². The number of nitrogens with zero attached hydrogens (tertiary/aromatic N) is 2. The molecule has 5 nitrogen and oxygen atoms in total. The fourth-order valence-corrected chi connectivity index (χ4v) is 2.63. The molecule has 1 amide bonds. The Hall–Kier alpha value is -1.96. The molecule has 0 radical (unpaired) electrons. The topological polar surface area (TPSA) is 42.0 Å². The lowest BCUT2D eigenvalue weighted by molar-refractivity contribution is -0.274. The number of piperazine rings is 1. The molecule has 1 aliphatic rings. The highest BCUT2D eigenvalue weighted by Crippen LogP contribution is 2.23. The van der Waals surface area contributed by atoms with Crippen LogP contribution in [0.4, 0.5) is 18.0 Å². The van der Waals surface area contributed by atoms with Gasteiger partial charge < -0.3 is 14.4 Å². The molecule has 0 saturated carbocycles. The van der Waals surface area contributed by atoms with E-state index in [1.54, 1.807) is 4.90 Å². The maximum absolute atomic E-state index is 12.1. The van der Waals surface area contributed by atoms with Crippen molar-refractivity contribution in [3.63, 3.8) is 0 Å². The van der Waals surface area contributed by atoms with Crippen LogP contribution in [0.15, 0.2) is 24.3 Å². The van der Waals surface area contributed by atoms with Crippen LogP contribution in [-0.4, -0.2) is 54.5 Å². The number of ether oxygens (including phenoxy) is 2. The lowest BCUT2D eigenvalue weighted by atomic mass is 10.2. The van der Waals surface area contributed by atoms with Gasteiger partial charge in [-0.2, -0.15) is 0 Å². The van der Waals surface area contributed by atoms with Crippen molar-refractivity contribution in [1.29, 1.82) is 0 Å². The van der Waals surface area contributed by atoms with Gasteiger partial charge in [-0.3, -0.25) is 4.90 Å². The minimum atomic E-state index is -4.72. The van der Waals surface area contributed by atoms with Crippen LogP contribution >= 0.6 is 0 Å². The SMILES string of the molecule is CCC(C)N1CCN(C(=O)OCc2ccc(OC(F)(F)F)cc2)CC1. The summed E-state index contributed by atoms with van der Waals surface area (Å²) in [6.07, 6.45) is -4.05. The van der Waals surface area contributed by atoms with Crippen molar-refractivity contribution in [3.8, 4) is 5.75 Å². The Morgan fingerprint density at radius 2 is 1.76 bits per heavy atom. The lowest BCUT2D eigenvalue weighted by Gasteiger charge is -2.37. The summed E-state index contributed by atoms with van der Waals surface area (Å²) in [7, 11) is 0. The van der Waals surface area contributed by atoms with E-state index in [4.69, 9.17) is 4.74 Å². The third-order valence-corrected chi connectivity index (χ3v) is 4.31. The van der Waals surface area contributed by atoms with Crippen molar-refractivity contribution in [1.82, 2.24) is 9.80 Å². The maximum Gasteiger partial charge on any atom is 0.573 e. The number of carbonyl (C=O) groups excluding carboxylic acids is 1. The monoisotopic (exact) mass is 360 g/mol. The fraction of sp³-hybridized carbons (Fsp3) is 0.588. The van der Waals surface area contributed by atoms with Gasteiger partial charge in [0.15, 0.2) is 0 Å². The van der Waals surface area contributed by atoms with Crippen LogP contribution < -0.4 is 4.74 Å². The van der Waals surface area contributed by atoms with Crippen molar-refractivity contribution in [3.05, 3.63) is 29.8 Å². The molecule has 0 aromatic heterocycles. The lowest BCUT2D eigenvalue weighted by Crippen LogP contribution is -2.51. The number of benzene rings is 1. The summed E-state index contributed by atoms with van der Waals surface area (Å²) in [5.41, 5.74) is 0.598. The molecular formula is C17H23F3N2O3. The van der Waals surface area contributed by atoms with Gasteiger partial charge in [0.25, 0.3) is 0 Å². The molecule has 140 valence electrons. The smallest absolute Gasteiger partial charge is 0.445 e. The van der Waals surface area contributed by atoms with Crippen molar-refractivity contribution in [2.24, 2.45) is 0 Å². The molecule has 1 aromatic carbocycles. The minimum Gasteiger partial charge on any atom is -0.445 e. The van der Waals surface area contributed by atoms with E-state index >= 15 is 0 Å².